The van der Waals surface area contributed by atoms with Crippen molar-refractivity contribution in [2.24, 2.45) is 11.3 Å². The van der Waals surface area contributed by atoms with E-state index in [4.69, 9.17) is 0 Å². The Hall–Kier alpha value is -1.12. The van der Waals surface area contributed by atoms with Gasteiger partial charge in [0, 0.05) is 6.04 Å². The first-order valence-electron chi connectivity index (χ1n) is 8.79. The van der Waals surface area contributed by atoms with Crippen LogP contribution in [-0.4, -0.2) is 6.04 Å². The molecule has 1 aromatic carbocycles. The molecule has 0 saturated heterocycles. The van der Waals surface area contributed by atoms with E-state index >= 15 is 0 Å². The Morgan fingerprint density at radius 1 is 1.05 bits per heavy atom. The van der Waals surface area contributed by atoms with E-state index in [1.165, 1.54) is 57.4 Å². The van der Waals surface area contributed by atoms with E-state index in [-0.39, 0.29) is 11.5 Å². The molecule has 2 saturated carbocycles. The maximum Gasteiger partial charge on any atom is 0.181 e. The lowest BCUT2D eigenvalue weighted by molar-refractivity contribution is 0.169. The van der Waals surface area contributed by atoms with Gasteiger partial charge in [-0.25, -0.2) is 8.78 Å². The Bertz CT molecular complexity index is 516. The number of anilines is 1. The van der Waals surface area contributed by atoms with Gasteiger partial charge in [0.25, 0.3) is 0 Å². The van der Waals surface area contributed by atoms with Gasteiger partial charge in [0.05, 0.1) is 5.69 Å². The van der Waals surface area contributed by atoms with E-state index in [1.54, 1.807) is 12.1 Å². The summed E-state index contributed by atoms with van der Waals surface area (Å²) >= 11 is 0. The average molecular weight is 307 g/mol. The van der Waals surface area contributed by atoms with Crippen molar-refractivity contribution >= 4 is 5.69 Å². The van der Waals surface area contributed by atoms with Crippen molar-refractivity contribution in [1.29, 1.82) is 0 Å². The van der Waals surface area contributed by atoms with Crippen LogP contribution in [0.25, 0.3) is 0 Å². The molecule has 3 rings (SSSR count). The zero-order chi connectivity index (χ0) is 15.6. The van der Waals surface area contributed by atoms with Crippen LogP contribution in [0.1, 0.15) is 64.7 Å². The fourth-order valence-corrected chi connectivity index (χ4v) is 4.57. The molecule has 2 fully saturated rings. The topological polar surface area (TPSA) is 12.0 Å². The molecule has 2 aliphatic carbocycles. The minimum Gasteiger partial charge on any atom is -0.379 e. The van der Waals surface area contributed by atoms with Crippen LogP contribution in [0.2, 0.25) is 0 Å². The van der Waals surface area contributed by atoms with Crippen LogP contribution < -0.4 is 5.32 Å². The van der Waals surface area contributed by atoms with Crippen LogP contribution in [-0.2, 0) is 0 Å². The molecule has 3 unspecified atom stereocenters. The predicted molar refractivity (Wildman–Crippen MR) is 86.9 cm³/mol. The third kappa shape index (κ3) is 3.28. The third-order valence-corrected chi connectivity index (χ3v) is 5.84. The Morgan fingerprint density at radius 2 is 1.77 bits per heavy atom. The van der Waals surface area contributed by atoms with Crippen LogP contribution in [0.3, 0.4) is 0 Å². The van der Waals surface area contributed by atoms with Crippen molar-refractivity contribution in [3.63, 3.8) is 0 Å². The standard InChI is InChI=1S/C19H27F2N/c1-19-12-5-4-8-14(13-19)7-2-3-11-17(19)22-16-10-6-9-15(20)18(16)21/h6,9-10,14,17,22H,2-5,7-8,11-13H2,1H3. The fraction of sp³-hybridized carbons (Fsp3) is 0.684. The first-order valence-corrected chi connectivity index (χ1v) is 8.79. The first-order chi connectivity index (χ1) is 10.6. The Balaban J connectivity index is 1.84. The van der Waals surface area contributed by atoms with Gasteiger partial charge in [0.15, 0.2) is 11.6 Å². The molecule has 0 aliphatic heterocycles. The van der Waals surface area contributed by atoms with E-state index in [9.17, 15) is 8.78 Å². The monoisotopic (exact) mass is 307 g/mol. The third-order valence-electron chi connectivity index (χ3n) is 5.84. The minimum absolute atomic E-state index is 0.195. The predicted octanol–water partition coefficient (Wildman–Crippen LogP) is 5.91. The number of hydrogen-bond acceptors (Lipinski definition) is 1. The SMILES string of the molecule is CC12CCCCC(CCCCC1Nc1cccc(F)c1F)C2. The molecule has 2 aliphatic rings. The molecule has 1 nitrogen and oxygen atoms in total. The highest BCUT2D eigenvalue weighted by molar-refractivity contribution is 5.46. The zero-order valence-corrected chi connectivity index (χ0v) is 13.5. The molecular formula is C19H27F2N. The van der Waals surface area contributed by atoms with Crippen LogP contribution in [0, 0.1) is 23.0 Å². The van der Waals surface area contributed by atoms with Crippen molar-refractivity contribution in [3.05, 3.63) is 29.8 Å². The van der Waals surface area contributed by atoms with Crippen molar-refractivity contribution < 1.29 is 8.78 Å². The van der Waals surface area contributed by atoms with Gasteiger partial charge in [-0.05, 0) is 42.7 Å². The van der Waals surface area contributed by atoms with E-state index in [2.05, 4.69) is 12.2 Å². The fourth-order valence-electron chi connectivity index (χ4n) is 4.57. The Labute approximate surface area is 132 Å². The molecule has 0 amide bonds. The van der Waals surface area contributed by atoms with Gasteiger partial charge >= 0.3 is 0 Å². The Kier molecular flexibility index (Phi) is 4.70. The number of hydrogen-bond donors (Lipinski definition) is 1. The van der Waals surface area contributed by atoms with Crippen LogP contribution in [0.5, 0.6) is 0 Å². The van der Waals surface area contributed by atoms with E-state index in [0.29, 0.717) is 5.69 Å². The number of halogens is 2. The summed E-state index contributed by atoms with van der Waals surface area (Å²) in [6.45, 7) is 2.35. The van der Waals surface area contributed by atoms with E-state index in [0.717, 1.165) is 12.3 Å². The molecule has 1 N–H and O–H groups in total. The molecule has 1 aromatic rings. The second kappa shape index (κ2) is 6.55. The summed E-state index contributed by atoms with van der Waals surface area (Å²) in [7, 11) is 0. The van der Waals surface area contributed by atoms with Gasteiger partial charge in [-0.3, -0.25) is 0 Å². The smallest absolute Gasteiger partial charge is 0.181 e. The molecule has 0 aromatic heterocycles. The largest absolute Gasteiger partial charge is 0.379 e. The van der Waals surface area contributed by atoms with Gasteiger partial charge in [0.2, 0.25) is 0 Å². The van der Waals surface area contributed by atoms with Crippen LogP contribution in [0.15, 0.2) is 18.2 Å². The highest BCUT2D eigenvalue weighted by atomic mass is 19.2. The van der Waals surface area contributed by atoms with Crippen LogP contribution >= 0.6 is 0 Å². The maximum atomic E-state index is 14.0. The number of nitrogens with one attached hydrogen (secondary N) is 1. The summed E-state index contributed by atoms with van der Waals surface area (Å²) in [5, 5.41) is 3.37. The molecule has 0 spiro atoms. The highest BCUT2D eigenvalue weighted by Crippen LogP contribution is 2.45. The lowest BCUT2D eigenvalue weighted by Crippen LogP contribution is -2.40. The summed E-state index contributed by atoms with van der Waals surface area (Å²) in [5.74, 6) is -0.687. The van der Waals surface area contributed by atoms with Crippen molar-refractivity contribution in [2.45, 2.75) is 70.8 Å². The van der Waals surface area contributed by atoms with Gasteiger partial charge in [-0.15, -0.1) is 0 Å². The number of fused-ring (bicyclic) bond motifs is 2. The summed E-state index contributed by atoms with van der Waals surface area (Å²) in [4.78, 5) is 0. The molecule has 2 bridgehead atoms. The molecule has 122 valence electrons. The second-order valence-corrected chi connectivity index (χ2v) is 7.55. The molecule has 3 atom stereocenters. The highest BCUT2D eigenvalue weighted by Gasteiger charge is 2.38. The molecule has 22 heavy (non-hydrogen) atoms. The van der Waals surface area contributed by atoms with Crippen LogP contribution in [0.4, 0.5) is 14.5 Å². The summed E-state index contributed by atoms with van der Waals surface area (Å²) in [6, 6.07) is 4.67. The molecule has 3 heteroatoms. The van der Waals surface area contributed by atoms with Crippen molar-refractivity contribution in [3.8, 4) is 0 Å². The van der Waals surface area contributed by atoms with Gasteiger partial charge < -0.3 is 5.32 Å². The zero-order valence-electron chi connectivity index (χ0n) is 13.5. The van der Waals surface area contributed by atoms with Gasteiger partial charge in [-0.2, -0.15) is 0 Å². The Morgan fingerprint density at radius 3 is 2.59 bits per heavy atom. The average Bonchev–Trinajstić information content (AvgIpc) is 2.69. The second-order valence-electron chi connectivity index (χ2n) is 7.55. The summed E-state index contributed by atoms with van der Waals surface area (Å²) < 4.78 is 27.5. The van der Waals surface area contributed by atoms with Gasteiger partial charge in [0.1, 0.15) is 0 Å². The lowest BCUT2D eigenvalue weighted by Gasteiger charge is -2.41. The summed E-state index contributed by atoms with van der Waals surface area (Å²) in [6.07, 6.45) is 11.2. The van der Waals surface area contributed by atoms with Crippen molar-refractivity contribution in [1.82, 2.24) is 0 Å². The first kappa shape index (κ1) is 15.8. The lowest BCUT2D eigenvalue weighted by atomic mass is 9.69. The quantitative estimate of drug-likeness (QED) is 0.716. The number of rotatable bonds is 2. The van der Waals surface area contributed by atoms with Crippen molar-refractivity contribution in [2.75, 3.05) is 5.32 Å². The maximum absolute atomic E-state index is 14.0. The molecular weight excluding hydrogens is 280 g/mol. The van der Waals surface area contributed by atoms with E-state index < -0.39 is 11.6 Å². The normalized spacial score (nSPS) is 32.7. The van der Waals surface area contributed by atoms with Gasteiger partial charge in [-0.1, -0.05) is 51.5 Å². The summed E-state index contributed by atoms with van der Waals surface area (Å²) in [5.41, 5.74) is 0.521. The molecule has 0 heterocycles. The molecule has 0 radical (unpaired) electrons. The number of benzene rings is 1. The minimum atomic E-state index is -0.764. The van der Waals surface area contributed by atoms with E-state index in [1.807, 2.05) is 0 Å².